The first kappa shape index (κ1) is 11.9. The third-order valence-electron chi connectivity index (χ3n) is 3.17. The lowest BCUT2D eigenvalue weighted by molar-refractivity contribution is 0.592. The van der Waals surface area contributed by atoms with Crippen molar-refractivity contribution in [1.82, 2.24) is 0 Å². The zero-order valence-corrected chi connectivity index (χ0v) is 11.1. The lowest BCUT2D eigenvalue weighted by atomic mass is 9.81. The summed E-state index contributed by atoms with van der Waals surface area (Å²) < 4.78 is 0. The van der Waals surface area contributed by atoms with Gasteiger partial charge in [0.15, 0.2) is 0 Å². The molecule has 0 N–H and O–H groups in total. The van der Waals surface area contributed by atoms with Gasteiger partial charge in [-0.15, -0.1) is 0 Å². The summed E-state index contributed by atoms with van der Waals surface area (Å²) in [6.45, 7) is 8.98. The molecule has 0 aliphatic carbocycles. The van der Waals surface area contributed by atoms with E-state index < -0.39 is 0 Å². The third kappa shape index (κ3) is 2.41. The molecule has 0 aliphatic heterocycles. The van der Waals surface area contributed by atoms with Crippen molar-refractivity contribution in [3.63, 3.8) is 0 Å². The smallest absolute Gasteiger partial charge is 0.0126 e. The molecule has 17 heavy (non-hydrogen) atoms. The number of rotatable bonds is 1. The number of hydrogen-bond acceptors (Lipinski definition) is 0. The molecule has 0 nitrogen and oxygen atoms in total. The molecule has 2 aromatic rings. The van der Waals surface area contributed by atoms with Crippen molar-refractivity contribution in [2.75, 3.05) is 0 Å². The lowest BCUT2D eigenvalue weighted by Crippen LogP contribution is -2.12. The van der Waals surface area contributed by atoms with Gasteiger partial charge in [0.05, 0.1) is 0 Å². The van der Waals surface area contributed by atoms with E-state index in [1.54, 1.807) is 0 Å². The molecule has 0 heteroatoms. The van der Waals surface area contributed by atoms with Crippen LogP contribution in [0.2, 0.25) is 0 Å². The lowest BCUT2D eigenvalue weighted by Gasteiger charge is -2.23. The summed E-state index contributed by atoms with van der Waals surface area (Å²) in [6, 6.07) is 17.3. The van der Waals surface area contributed by atoms with Crippen LogP contribution in [0.15, 0.2) is 48.5 Å². The fraction of sp³-hybridized carbons (Fsp3) is 0.294. The summed E-state index contributed by atoms with van der Waals surface area (Å²) >= 11 is 0. The molecule has 0 unspecified atom stereocenters. The summed E-state index contributed by atoms with van der Waals surface area (Å²) in [4.78, 5) is 0. The minimum absolute atomic E-state index is 0.179. The highest BCUT2D eigenvalue weighted by Crippen LogP contribution is 2.34. The van der Waals surface area contributed by atoms with E-state index in [1.165, 1.54) is 22.3 Å². The first-order valence-electron chi connectivity index (χ1n) is 6.15. The molecule has 0 radical (unpaired) electrons. The summed E-state index contributed by atoms with van der Waals surface area (Å²) in [6.07, 6.45) is 0. The van der Waals surface area contributed by atoms with Crippen molar-refractivity contribution in [2.24, 2.45) is 0 Å². The summed E-state index contributed by atoms with van der Waals surface area (Å²) in [5.41, 5.74) is 5.63. The Bertz CT molecular complexity index is 516. The Morgan fingerprint density at radius 2 is 1.24 bits per heavy atom. The SMILES string of the molecule is Cc1ccccc1-c1ccccc1C(C)(C)C. The van der Waals surface area contributed by atoms with Crippen LogP contribution in [0.4, 0.5) is 0 Å². The van der Waals surface area contributed by atoms with Gasteiger partial charge in [0.2, 0.25) is 0 Å². The molecule has 2 aromatic carbocycles. The molecular formula is C17H20. The molecule has 0 spiro atoms. The van der Waals surface area contributed by atoms with Crippen LogP contribution in [0.3, 0.4) is 0 Å². The van der Waals surface area contributed by atoms with Crippen LogP contribution in [0.25, 0.3) is 11.1 Å². The Balaban J connectivity index is 2.65. The standard InChI is InChI=1S/C17H20/c1-13-9-5-6-10-14(13)15-11-7-8-12-16(15)17(2,3)4/h5-12H,1-4H3. The minimum atomic E-state index is 0.179. The predicted octanol–water partition coefficient (Wildman–Crippen LogP) is 4.96. The second-order valence-corrected chi connectivity index (χ2v) is 5.61. The van der Waals surface area contributed by atoms with Crippen LogP contribution in [-0.4, -0.2) is 0 Å². The van der Waals surface area contributed by atoms with Crippen LogP contribution in [-0.2, 0) is 5.41 Å². The Morgan fingerprint density at radius 1 is 0.706 bits per heavy atom. The second-order valence-electron chi connectivity index (χ2n) is 5.61. The molecule has 0 amide bonds. The molecule has 0 heterocycles. The highest BCUT2D eigenvalue weighted by Gasteiger charge is 2.18. The zero-order chi connectivity index (χ0) is 12.5. The third-order valence-corrected chi connectivity index (χ3v) is 3.17. The molecule has 0 bridgehead atoms. The fourth-order valence-corrected chi connectivity index (χ4v) is 2.25. The van der Waals surface area contributed by atoms with Gasteiger partial charge in [0.25, 0.3) is 0 Å². The molecule has 88 valence electrons. The summed E-state index contributed by atoms with van der Waals surface area (Å²) in [7, 11) is 0. The molecule has 0 aromatic heterocycles. The maximum atomic E-state index is 2.27. The second kappa shape index (κ2) is 4.37. The van der Waals surface area contributed by atoms with Gasteiger partial charge in [0, 0.05) is 0 Å². The topological polar surface area (TPSA) is 0 Å². The van der Waals surface area contributed by atoms with Crippen molar-refractivity contribution < 1.29 is 0 Å². The van der Waals surface area contributed by atoms with E-state index in [9.17, 15) is 0 Å². The van der Waals surface area contributed by atoms with Gasteiger partial charge in [-0.1, -0.05) is 69.3 Å². The Labute approximate surface area is 104 Å². The maximum Gasteiger partial charge on any atom is -0.0126 e. The monoisotopic (exact) mass is 224 g/mol. The van der Waals surface area contributed by atoms with E-state index >= 15 is 0 Å². The van der Waals surface area contributed by atoms with Gasteiger partial charge in [-0.2, -0.15) is 0 Å². The van der Waals surface area contributed by atoms with E-state index in [1.807, 2.05) is 0 Å². The average Bonchev–Trinajstić information content (AvgIpc) is 2.28. The van der Waals surface area contributed by atoms with Gasteiger partial charge in [-0.05, 0) is 34.6 Å². The number of hydrogen-bond donors (Lipinski definition) is 0. The fourth-order valence-electron chi connectivity index (χ4n) is 2.25. The number of aryl methyl sites for hydroxylation is 1. The predicted molar refractivity (Wildman–Crippen MR) is 75.3 cm³/mol. The van der Waals surface area contributed by atoms with Crippen LogP contribution in [0, 0.1) is 6.92 Å². The average molecular weight is 224 g/mol. The van der Waals surface area contributed by atoms with Crippen molar-refractivity contribution in [3.05, 3.63) is 59.7 Å². The largest absolute Gasteiger partial charge is 0.0620 e. The quantitative estimate of drug-likeness (QED) is 0.642. The van der Waals surface area contributed by atoms with Crippen LogP contribution >= 0.6 is 0 Å². The number of benzene rings is 2. The molecule has 0 saturated heterocycles. The van der Waals surface area contributed by atoms with E-state index in [4.69, 9.17) is 0 Å². The Morgan fingerprint density at radius 3 is 1.82 bits per heavy atom. The Kier molecular flexibility index (Phi) is 3.06. The molecule has 2 rings (SSSR count). The van der Waals surface area contributed by atoms with Gasteiger partial charge < -0.3 is 0 Å². The van der Waals surface area contributed by atoms with Crippen molar-refractivity contribution >= 4 is 0 Å². The molecule has 0 fully saturated rings. The van der Waals surface area contributed by atoms with Crippen LogP contribution in [0.1, 0.15) is 31.9 Å². The normalized spacial score (nSPS) is 11.5. The van der Waals surface area contributed by atoms with E-state index in [-0.39, 0.29) is 5.41 Å². The molecule has 0 atom stereocenters. The summed E-state index contributed by atoms with van der Waals surface area (Å²) in [5, 5.41) is 0. The van der Waals surface area contributed by atoms with E-state index in [2.05, 4.69) is 76.2 Å². The molecule has 0 saturated carbocycles. The zero-order valence-electron chi connectivity index (χ0n) is 11.1. The highest BCUT2D eigenvalue weighted by molar-refractivity contribution is 5.71. The van der Waals surface area contributed by atoms with Crippen molar-refractivity contribution in [2.45, 2.75) is 33.1 Å². The van der Waals surface area contributed by atoms with E-state index in [0.717, 1.165) is 0 Å². The van der Waals surface area contributed by atoms with Crippen molar-refractivity contribution in [3.8, 4) is 11.1 Å². The van der Waals surface area contributed by atoms with E-state index in [0.29, 0.717) is 0 Å². The summed E-state index contributed by atoms with van der Waals surface area (Å²) in [5.74, 6) is 0. The molecule has 0 aliphatic rings. The van der Waals surface area contributed by atoms with Gasteiger partial charge in [0.1, 0.15) is 0 Å². The minimum Gasteiger partial charge on any atom is -0.0620 e. The van der Waals surface area contributed by atoms with Gasteiger partial charge in [-0.3, -0.25) is 0 Å². The van der Waals surface area contributed by atoms with Crippen LogP contribution in [0.5, 0.6) is 0 Å². The van der Waals surface area contributed by atoms with Crippen molar-refractivity contribution in [1.29, 1.82) is 0 Å². The maximum absolute atomic E-state index is 2.27. The highest BCUT2D eigenvalue weighted by atomic mass is 14.2. The first-order chi connectivity index (χ1) is 8.00. The van der Waals surface area contributed by atoms with Gasteiger partial charge >= 0.3 is 0 Å². The molecular weight excluding hydrogens is 204 g/mol. The van der Waals surface area contributed by atoms with Crippen LogP contribution < -0.4 is 0 Å². The Hall–Kier alpha value is -1.56. The first-order valence-corrected chi connectivity index (χ1v) is 6.15. The van der Waals surface area contributed by atoms with Gasteiger partial charge in [-0.25, -0.2) is 0 Å².